The third kappa shape index (κ3) is 5.53. The van der Waals surface area contributed by atoms with E-state index in [0.717, 1.165) is 23.9 Å². The first-order chi connectivity index (χ1) is 14.3. The molecule has 1 N–H and O–H groups in total. The minimum Gasteiger partial charge on any atom is -0.497 e. The molecule has 3 rings (SSSR count). The third-order valence-corrected chi connectivity index (χ3v) is 4.98. The number of nitrogens with one attached hydrogen (secondary N) is 1. The first-order valence-corrected chi connectivity index (χ1v) is 9.82. The maximum atomic E-state index is 12.8. The molecule has 1 unspecified atom stereocenters. The zero-order valence-electron chi connectivity index (χ0n) is 16.1. The molecule has 1 aromatic heterocycles. The fourth-order valence-corrected chi connectivity index (χ4v) is 3.17. The van der Waals surface area contributed by atoms with Gasteiger partial charge in [-0.3, -0.25) is 4.79 Å². The van der Waals surface area contributed by atoms with Crippen LogP contribution in [0.3, 0.4) is 0 Å². The molecule has 6 nitrogen and oxygen atoms in total. The number of carbonyl (C=O) groups excluding carboxylic acids is 1. The van der Waals surface area contributed by atoms with E-state index in [0.29, 0.717) is 22.8 Å². The van der Waals surface area contributed by atoms with Gasteiger partial charge in [-0.15, -0.1) is 10.2 Å². The van der Waals surface area contributed by atoms with E-state index in [1.807, 2.05) is 0 Å². The molecule has 0 fully saturated rings. The van der Waals surface area contributed by atoms with Gasteiger partial charge in [0.2, 0.25) is 11.8 Å². The fraction of sp³-hybridized carbons (Fsp3) is 0.250. The van der Waals surface area contributed by atoms with Crippen molar-refractivity contribution in [2.75, 3.05) is 12.9 Å². The van der Waals surface area contributed by atoms with Crippen molar-refractivity contribution in [2.45, 2.75) is 24.4 Å². The van der Waals surface area contributed by atoms with Crippen LogP contribution in [-0.2, 0) is 11.0 Å². The van der Waals surface area contributed by atoms with Crippen LogP contribution in [0.1, 0.15) is 24.1 Å². The average molecular weight is 437 g/mol. The number of rotatable bonds is 7. The number of ether oxygens (including phenoxy) is 1. The second kappa shape index (κ2) is 9.21. The Bertz CT molecular complexity index is 1010. The fourth-order valence-electron chi connectivity index (χ4n) is 2.60. The Morgan fingerprint density at radius 3 is 2.60 bits per heavy atom. The van der Waals surface area contributed by atoms with Crippen LogP contribution < -0.4 is 10.1 Å². The number of benzene rings is 2. The maximum absolute atomic E-state index is 12.8. The second-order valence-electron chi connectivity index (χ2n) is 6.30. The summed E-state index contributed by atoms with van der Waals surface area (Å²) in [4.78, 5) is 12.2. The van der Waals surface area contributed by atoms with Crippen molar-refractivity contribution in [1.29, 1.82) is 0 Å². The number of amides is 1. The lowest BCUT2D eigenvalue weighted by Gasteiger charge is -2.16. The molecule has 0 radical (unpaired) electrons. The molecule has 158 valence electrons. The van der Waals surface area contributed by atoms with Crippen molar-refractivity contribution in [3.05, 3.63) is 59.7 Å². The lowest BCUT2D eigenvalue weighted by atomic mass is 10.0. The quantitative estimate of drug-likeness (QED) is 0.539. The standard InChI is InChI=1S/C20H18F3N3O3S/c1-12(14-4-3-5-15(10-14)20(21,22)23)24-17(27)11-30-19-26-25-18(29-19)13-6-8-16(28-2)9-7-13/h3-10,12H,11H2,1-2H3,(H,24,27). The highest BCUT2D eigenvalue weighted by Crippen LogP contribution is 2.31. The van der Waals surface area contributed by atoms with Crippen LogP contribution in [0.4, 0.5) is 13.2 Å². The van der Waals surface area contributed by atoms with Gasteiger partial charge in [-0.1, -0.05) is 23.9 Å². The number of hydrogen-bond acceptors (Lipinski definition) is 6. The van der Waals surface area contributed by atoms with Crippen molar-refractivity contribution in [2.24, 2.45) is 0 Å². The Labute approximate surface area is 174 Å². The van der Waals surface area contributed by atoms with Crippen molar-refractivity contribution in [3.63, 3.8) is 0 Å². The number of hydrogen-bond donors (Lipinski definition) is 1. The van der Waals surface area contributed by atoms with Crippen molar-refractivity contribution in [1.82, 2.24) is 15.5 Å². The average Bonchev–Trinajstić information content (AvgIpc) is 3.21. The predicted octanol–water partition coefficient (Wildman–Crippen LogP) is 4.73. The van der Waals surface area contributed by atoms with Crippen molar-refractivity contribution < 1.29 is 27.1 Å². The summed E-state index contributed by atoms with van der Waals surface area (Å²) in [6, 6.07) is 11.3. The molecule has 0 aliphatic heterocycles. The summed E-state index contributed by atoms with van der Waals surface area (Å²) < 4.78 is 49.2. The first-order valence-electron chi connectivity index (χ1n) is 8.83. The summed E-state index contributed by atoms with van der Waals surface area (Å²) in [6.07, 6.45) is -4.44. The normalized spacial score (nSPS) is 12.4. The Kier molecular flexibility index (Phi) is 6.66. The Morgan fingerprint density at radius 2 is 1.93 bits per heavy atom. The molecular formula is C20H18F3N3O3S. The van der Waals surface area contributed by atoms with Gasteiger partial charge in [0.05, 0.1) is 24.5 Å². The molecule has 0 spiro atoms. The predicted molar refractivity (Wildman–Crippen MR) is 105 cm³/mol. The molecule has 1 amide bonds. The lowest BCUT2D eigenvalue weighted by Crippen LogP contribution is -2.28. The number of halogens is 3. The number of carbonyl (C=O) groups is 1. The maximum Gasteiger partial charge on any atom is 0.416 e. The highest BCUT2D eigenvalue weighted by Gasteiger charge is 2.30. The molecule has 0 saturated heterocycles. The van der Waals surface area contributed by atoms with E-state index in [1.54, 1.807) is 38.3 Å². The monoisotopic (exact) mass is 437 g/mol. The lowest BCUT2D eigenvalue weighted by molar-refractivity contribution is -0.137. The SMILES string of the molecule is COc1ccc(-c2nnc(SCC(=O)NC(C)c3cccc(C(F)(F)F)c3)o2)cc1. The molecule has 0 aliphatic rings. The summed E-state index contributed by atoms with van der Waals surface area (Å²) in [7, 11) is 1.56. The van der Waals surface area contributed by atoms with Gasteiger partial charge in [0.15, 0.2) is 0 Å². The zero-order valence-corrected chi connectivity index (χ0v) is 16.9. The number of nitrogens with zero attached hydrogens (tertiary/aromatic N) is 2. The molecular weight excluding hydrogens is 419 g/mol. The van der Waals surface area contributed by atoms with Gasteiger partial charge in [-0.05, 0) is 48.9 Å². The Hall–Kier alpha value is -3.01. The van der Waals surface area contributed by atoms with Gasteiger partial charge in [0.25, 0.3) is 5.22 Å². The molecule has 10 heteroatoms. The molecule has 0 aliphatic carbocycles. The summed E-state index contributed by atoms with van der Waals surface area (Å²) >= 11 is 1.04. The largest absolute Gasteiger partial charge is 0.497 e. The van der Waals surface area contributed by atoms with Crippen LogP contribution in [0.2, 0.25) is 0 Å². The topological polar surface area (TPSA) is 77.2 Å². The van der Waals surface area contributed by atoms with Crippen LogP contribution in [0.15, 0.2) is 58.2 Å². The van der Waals surface area contributed by atoms with E-state index in [4.69, 9.17) is 9.15 Å². The number of aromatic nitrogens is 2. The third-order valence-electron chi connectivity index (χ3n) is 4.16. The molecule has 0 bridgehead atoms. The van der Waals surface area contributed by atoms with Gasteiger partial charge >= 0.3 is 6.18 Å². The molecule has 1 atom stereocenters. The molecule has 2 aromatic carbocycles. The highest BCUT2D eigenvalue weighted by atomic mass is 32.2. The minimum absolute atomic E-state index is 0.0203. The van der Waals surface area contributed by atoms with Gasteiger partial charge in [0.1, 0.15) is 5.75 Å². The zero-order chi connectivity index (χ0) is 21.7. The Balaban J connectivity index is 1.55. The smallest absolute Gasteiger partial charge is 0.416 e. The van der Waals surface area contributed by atoms with Crippen LogP contribution in [-0.4, -0.2) is 29.0 Å². The first kappa shape index (κ1) is 21.7. The molecule has 30 heavy (non-hydrogen) atoms. The second-order valence-corrected chi connectivity index (χ2v) is 7.23. The van der Waals surface area contributed by atoms with E-state index < -0.39 is 17.8 Å². The van der Waals surface area contributed by atoms with Gasteiger partial charge in [-0.2, -0.15) is 13.2 Å². The Morgan fingerprint density at radius 1 is 1.20 bits per heavy atom. The number of thioether (sulfide) groups is 1. The van der Waals surface area contributed by atoms with Gasteiger partial charge < -0.3 is 14.5 Å². The molecule has 3 aromatic rings. The highest BCUT2D eigenvalue weighted by molar-refractivity contribution is 7.99. The summed E-state index contributed by atoms with van der Waals surface area (Å²) in [6.45, 7) is 1.62. The van der Waals surface area contributed by atoms with Crippen molar-refractivity contribution >= 4 is 17.7 Å². The summed E-state index contributed by atoms with van der Waals surface area (Å²) in [5.74, 6) is 0.611. The van der Waals surface area contributed by atoms with Gasteiger partial charge in [-0.25, -0.2) is 0 Å². The minimum atomic E-state index is -4.44. The van der Waals surface area contributed by atoms with E-state index >= 15 is 0 Å². The van der Waals surface area contributed by atoms with E-state index in [2.05, 4.69) is 15.5 Å². The van der Waals surface area contributed by atoms with E-state index in [-0.39, 0.29) is 16.9 Å². The summed E-state index contributed by atoms with van der Waals surface area (Å²) in [5, 5.41) is 10.7. The molecule has 0 saturated carbocycles. The molecule has 1 heterocycles. The van der Waals surface area contributed by atoms with Crippen LogP contribution in [0.5, 0.6) is 5.75 Å². The van der Waals surface area contributed by atoms with E-state index in [1.165, 1.54) is 12.1 Å². The summed E-state index contributed by atoms with van der Waals surface area (Å²) in [5.41, 5.74) is 0.313. The van der Waals surface area contributed by atoms with Crippen LogP contribution >= 0.6 is 11.8 Å². The van der Waals surface area contributed by atoms with Gasteiger partial charge in [0, 0.05) is 5.56 Å². The van der Waals surface area contributed by atoms with Crippen molar-refractivity contribution in [3.8, 4) is 17.2 Å². The number of alkyl halides is 3. The number of methoxy groups -OCH3 is 1. The van der Waals surface area contributed by atoms with E-state index in [9.17, 15) is 18.0 Å². The van der Waals surface area contributed by atoms with Crippen LogP contribution in [0, 0.1) is 0 Å². The van der Waals surface area contributed by atoms with Crippen LogP contribution in [0.25, 0.3) is 11.5 Å².